The number of fused-ring (bicyclic) bond motifs is 1. The van der Waals surface area contributed by atoms with Crippen molar-refractivity contribution in [1.29, 1.82) is 0 Å². The van der Waals surface area contributed by atoms with Crippen molar-refractivity contribution in [3.8, 4) is 5.75 Å². The van der Waals surface area contributed by atoms with E-state index in [1.165, 1.54) is 30.4 Å². The van der Waals surface area contributed by atoms with E-state index in [1.807, 2.05) is 13.0 Å². The number of benzene rings is 2. The SMILES string of the molecule is CC(=O)N1CC(C)Oc2ccc(S(=O)(=O)N(C)c3ccccc3)cc21. The number of para-hydroxylation sites is 1. The van der Waals surface area contributed by atoms with Gasteiger partial charge in [0.15, 0.2) is 0 Å². The van der Waals surface area contributed by atoms with Gasteiger partial charge in [0.1, 0.15) is 11.9 Å². The minimum Gasteiger partial charge on any atom is -0.487 e. The second-order valence-electron chi connectivity index (χ2n) is 6.00. The standard InChI is InChI=1S/C18H20N2O4S/c1-13-12-20(14(2)21)17-11-16(9-10-18(17)24-13)25(22,23)19(3)15-7-5-4-6-8-15/h4-11,13H,12H2,1-3H3. The third kappa shape index (κ3) is 3.19. The van der Waals surface area contributed by atoms with Crippen LogP contribution in [-0.4, -0.2) is 34.0 Å². The average molecular weight is 360 g/mol. The minimum atomic E-state index is -3.75. The van der Waals surface area contributed by atoms with Crippen LogP contribution in [0.3, 0.4) is 0 Å². The molecule has 1 atom stereocenters. The lowest BCUT2D eigenvalue weighted by Gasteiger charge is -2.33. The van der Waals surface area contributed by atoms with Crippen molar-refractivity contribution in [3.05, 3.63) is 48.5 Å². The van der Waals surface area contributed by atoms with Crippen LogP contribution >= 0.6 is 0 Å². The maximum atomic E-state index is 12.9. The molecular weight excluding hydrogens is 340 g/mol. The number of rotatable bonds is 3. The molecule has 0 radical (unpaired) electrons. The first-order chi connectivity index (χ1) is 11.8. The highest BCUT2D eigenvalue weighted by atomic mass is 32.2. The lowest BCUT2D eigenvalue weighted by Crippen LogP contribution is -2.41. The van der Waals surface area contributed by atoms with Crippen LogP contribution in [0, 0.1) is 0 Å². The molecule has 0 saturated carbocycles. The number of sulfonamides is 1. The molecule has 7 heteroatoms. The lowest BCUT2D eigenvalue weighted by molar-refractivity contribution is -0.117. The third-order valence-electron chi connectivity index (χ3n) is 4.15. The molecule has 0 aliphatic carbocycles. The molecule has 2 aromatic rings. The summed E-state index contributed by atoms with van der Waals surface area (Å²) >= 11 is 0. The van der Waals surface area contributed by atoms with E-state index in [9.17, 15) is 13.2 Å². The zero-order valence-corrected chi connectivity index (χ0v) is 15.2. The molecule has 1 amide bonds. The van der Waals surface area contributed by atoms with E-state index in [2.05, 4.69) is 0 Å². The molecule has 0 bridgehead atoms. The average Bonchev–Trinajstić information content (AvgIpc) is 2.60. The van der Waals surface area contributed by atoms with Crippen LogP contribution in [0.15, 0.2) is 53.4 Å². The van der Waals surface area contributed by atoms with E-state index in [-0.39, 0.29) is 16.9 Å². The first-order valence-electron chi connectivity index (χ1n) is 7.93. The highest BCUT2D eigenvalue weighted by Crippen LogP contribution is 2.36. The molecule has 1 unspecified atom stereocenters. The van der Waals surface area contributed by atoms with Gasteiger partial charge in [0.2, 0.25) is 5.91 Å². The molecule has 0 saturated heterocycles. The van der Waals surface area contributed by atoms with Gasteiger partial charge < -0.3 is 9.64 Å². The summed E-state index contributed by atoms with van der Waals surface area (Å²) in [5.41, 5.74) is 1.04. The zero-order chi connectivity index (χ0) is 18.2. The summed E-state index contributed by atoms with van der Waals surface area (Å²) < 4.78 is 32.8. The van der Waals surface area contributed by atoms with Crippen LogP contribution in [-0.2, 0) is 14.8 Å². The number of ether oxygens (including phenoxy) is 1. The molecule has 1 heterocycles. The fourth-order valence-corrected chi connectivity index (χ4v) is 4.03. The van der Waals surface area contributed by atoms with E-state index in [1.54, 1.807) is 35.2 Å². The van der Waals surface area contributed by atoms with Crippen molar-refractivity contribution < 1.29 is 17.9 Å². The highest BCUT2D eigenvalue weighted by Gasteiger charge is 2.29. The number of carbonyl (C=O) groups is 1. The Balaban J connectivity index is 2.04. The monoisotopic (exact) mass is 360 g/mol. The Bertz CT molecular complexity index is 897. The molecular formula is C18H20N2O4S. The van der Waals surface area contributed by atoms with Gasteiger partial charge in [-0.2, -0.15) is 0 Å². The van der Waals surface area contributed by atoms with Gasteiger partial charge in [0, 0.05) is 14.0 Å². The molecule has 3 rings (SSSR count). The summed E-state index contributed by atoms with van der Waals surface area (Å²) in [6, 6.07) is 13.4. The Morgan fingerprint density at radius 1 is 1.20 bits per heavy atom. The quantitative estimate of drug-likeness (QED) is 0.844. The largest absolute Gasteiger partial charge is 0.487 e. The molecule has 2 aromatic carbocycles. The first kappa shape index (κ1) is 17.3. The van der Waals surface area contributed by atoms with Gasteiger partial charge in [-0.15, -0.1) is 0 Å². The Hall–Kier alpha value is -2.54. The van der Waals surface area contributed by atoms with Crippen LogP contribution in [0.2, 0.25) is 0 Å². The number of amides is 1. The predicted octanol–water partition coefficient (Wildman–Crippen LogP) is 2.65. The van der Waals surface area contributed by atoms with Gasteiger partial charge in [0.05, 0.1) is 22.8 Å². The van der Waals surface area contributed by atoms with Crippen LogP contribution in [0.25, 0.3) is 0 Å². The summed E-state index contributed by atoms with van der Waals surface area (Å²) in [4.78, 5) is 13.6. The third-order valence-corrected chi connectivity index (χ3v) is 5.93. The molecule has 0 fully saturated rings. The Labute approximate surface area is 147 Å². The molecule has 6 nitrogen and oxygen atoms in total. The summed E-state index contributed by atoms with van der Waals surface area (Å²) in [5.74, 6) is 0.359. The molecule has 1 aliphatic rings. The smallest absolute Gasteiger partial charge is 0.264 e. The molecule has 0 N–H and O–H groups in total. The van der Waals surface area contributed by atoms with Crippen molar-refractivity contribution in [2.24, 2.45) is 0 Å². The number of hydrogen-bond acceptors (Lipinski definition) is 4. The zero-order valence-electron chi connectivity index (χ0n) is 14.3. The van der Waals surface area contributed by atoms with Crippen LogP contribution < -0.4 is 13.9 Å². The number of nitrogens with zero attached hydrogens (tertiary/aromatic N) is 2. The van der Waals surface area contributed by atoms with Crippen molar-refractivity contribution in [1.82, 2.24) is 0 Å². The van der Waals surface area contributed by atoms with E-state index < -0.39 is 10.0 Å². The van der Waals surface area contributed by atoms with Gasteiger partial charge >= 0.3 is 0 Å². The number of hydrogen-bond donors (Lipinski definition) is 0. The van der Waals surface area contributed by atoms with Gasteiger partial charge in [-0.05, 0) is 37.3 Å². The second-order valence-corrected chi connectivity index (χ2v) is 7.96. The van der Waals surface area contributed by atoms with Crippen molar-refractivity contribution >= 4 is 27.3 Å². The summed E-state index contributed by atoms with van der Waals surface area (Å²) in [6.07, 6.45) is -0.147. The molecule has 0 aromatic heterocycles. The van der Waals surface area contributed by atoms with Gasteiger partial charge in [0.25, 0.3) is 10.0 Å². The van der Waals surface area contributed by atoms with E-state index in [0.29, 0.717) is 23.7 Å². The summed E-state index contributed by atoms with van der Waals surface area (Å²) in [6.45, 7) is 3.71. The van der Waals surface area contributed by atoms with E-state index in [0.717, 1.165) is 0 Å². The molecule has 25 heavy (non-hydrogen) atoms. The van der Waals surface area contributed by atoms with Crippen LogP contribution in [0.4, 0.5) is 11.4 Å². The van der Waals surface area contributed by atoms with Crippen LogP contribution in [0.5, 0.6) is 5.75 Å². The maximum Gasteiger partial charge on any atom is 0.264 e. The fourth-order valence-electron chi connectivity index (χ4n) is 2.81. The highest BCUT2D eigenvalue weighted by molar-refractivity contribution is 7.92. The molecule has 1 aliphatic heterocycles. The summed E-state index contributed by atoms with van der Waals surface area (Å²) in [5, 5.41) is 0. The van der Waals surface area contributed by atoms with E-state index in [4.69, 9.17) is 4.74 Å². The maximum absolute atomic E-state index is 12.9. The topological polar surface area (TPSA) is 66.9 Å². The number of anilines is 2. The summed E-state index contributed by atoms with van der Waals surface area (Å²) in [7, 11) is -2.24. The van der Waals surface area contributed by atoms with E-state index >= 15 is 0 Å². The normalized spacial score (nSPS) is 16.8. The van der Waals surface area contributed by atoms with Crippen molar-refractivity contribution in [2.75, 3.05) is 22.8 Å². The van der Waals surface area contributed by atoms with Crippen molar-refractivity contribution in [3.63, 3.8) is 0 Å². The number of carbonyl (C=O) groups excluding carboxylic acids is 1. The van der Waals surface area contributed by atoms with Crippen molar-refractivity contribution in [2.45, 2.75) is 24.8 Å². The molecule has 132 valence electrons. The van der Waals surface area contributed by atoms with Gasteiger partial charge in [-0.25, -0.2) is 8.42 Å². The Morgan fingerprint density at radius 2 is 1.88 bits per heavy atom. The lowest BCUT2D eigenvalue weighted by atomic mass is 10.2. The fraction of sp³-hybridized carbons (Fsp3) is 0.278. The van der Waals surface area contributed by atoms with Gasteiger partial charge in [-0.3, -0.25) is 9.10 Å². The molecule has 0 spiro atoms. The van der Waals surface area contributed by atoms with Gasteiger partial charge in [-0.1, -0.05) is 18.2 Å². The predicted molar refractivity (Wildman–Crippen MR) is 96.6 cm³/mol. The Kier molecular flexibility index (Phi) is 4.43. The second kappa shape index (κ2) is 6.40. The van der Waals surface area contributed by atoms with Crippen LogP contribution in [0.1, 0.15) is 13.8 Å². The first-order valence-corrected chi connectivity index (χ1v) is 9.37. The minimum absolute atomic E-state index is 0.113. The Morgan fingerprint density at radius 3 is 2.52 bits per heavy atom.